The second-order valence-electron chi connectivity index (χ2n) is 9.44. The van der Waals surface area contributed by atoms with Crippen molar-refractivity contribution in [3.8, 4) is 5.75 Å². The summed E-state index contributed by atoms with van der Waals surface area (Å²) in [6.07, 6.45) is 3.71. The quantitative estimate of drug-likeness (QED) is 0.216. The Morgan fingerprint density at radius 2 is 1.69 bits per heavy atom. The zero-order chi connectivity index (χ0) is 25.9. The molecule has 9 heteroatoms. The first kappa shape index (κ1) is 23.4. The number of hydrogen-bond acceptors (Lipinski definition) is 8. The van der Waals surface area contributed by atoms with Gasteiger partial charge in [-0.05, 0) is 53.6 Å². The Morgan fingerprint density at radius 3 is 2.36 bits per heavy atom. The number of amides is 1. The van der Waals surface area contributed by atoms with Crippen LogP contribution in [0.2, 0.25) is 0 Å². The molecule has 2 aromatic rings. The zero-order valence-corrected chi connectivity index (χ0v) is 19.1. The highest BCUT2D eigenvalue weighted by Gasteiger charge is 2.59. The molecule has 1 amide bonds. The molecule has 3 aliphatic carbocycles. The minimum Gasteiger partial charge on any atom is -0.511 e. The van der Waals surface area contributed by atoms with Gasteiger partial charge in [0.05, 0.1) is 5.56 Å². The summed E-state index contributed by atoms with van der Waals surface area (Å²) in [5, 5.41) is 43.2. The molecule has 0 saturated heterocycles. The molecular weight excluding hydrogens is 464 g/mol. The van der Waals surface area contributed by atoms with Crippen molar-refractivity contribution in [2.75, 3.05) is 5.73 Å². The maximum Gasteiger partial charge on any atom is 0.255 e. The molecule has 2 aromatic carbocycles. The van der Waals surface area contributed by atoms with Crippen molar-refractivity contribution in [3.05, 3.63) is 81.3 Å². The van der Waals surface area contributed by atoms with Gasteiger partial charge < -0.3 is 31.9 Å². The number of aliphatic hydroxyl groups excluding tert-OH is 2. The number of allylic oxidation sites excluding steroid dienone is 2. The summed E-state index contributed by atoms with van der Waals surface area (Å²) in [5.74, 6) is -6.45. The number of primary amides is 1. The van der Waals surface area contributed by atoms with Gasteiger partial charge in [0, 0.05) is 23.6 Å². The first-order chi connectivity index (χ1) is 17.0. The Hall–Kier alpha value is -4.37. The number of ketones is 2. The Labute approximate surface area is 205 Å². The van der Waals surface area contributed by atoms with Crippen LogP contribution in [0, 0.1) is 11.8 Å². The van der Waals surface area contributed by atoms with E-state index in [1.807, 2.05) is 24.3 Å². The number of hydrogen-bond donors (Lipinski definition) is 6. The number of phenols is 1. The highest BCUT2D eigenvalue weighted by Crippen LogP contribution is 2.51. The van der Waals surface area contributed by atoms with Crippen LogP contribution in [0.5, 0.6) is 5.75 Å². The SMILES string of the molecule is NC(=O)C1=C(O)C[C@@H]2C[C@@H]3Cc4c(/C=C/c5ccc(N)cc5)ccc(O)c4C(=O)C3=C(O)[C@]2(O)C1=O. The molecule has 0 aliphatic heterocycles. The van der Waals surface area contributed by atoms with Gasteiger partial charge >= 0.3 is 0 Å². The number of anilines is 1. The molecule has 0 bridgehead atoms. The first-order valence-electron chi connectivity index (χ1n) is 11.4. The van der Waals surface area contributed by atoms with Gasteiger partial charge in [0.1, 0.15) is 22.8 Å². The molecule has 0 unspecified atom stereocenters. The van der Waals surface area contributed by atoms with Gasteiger partial charge in [-0.15, -0.1) is 0 Å². The van der Waals surface area contributed by atoms with Crippen molar-refractivity contribution >= 4 is 35.3 Å². The number of aromatic hydroxyl groups is 1. The van der Waals surface area contributed by atoms with E-state index in [9.17, 15) is 34.8 Å². The maximum atomic E-state index is 13.6. The van der Waals surface area contributed by atoms with Crippen molar-refractivity contribution in [2.45, 2.75) is 24.9 Å². The van der Waals surface area contributed by atoms with Gasteiger partial charge in [-0.3, -0.25) is 14.4 Å². The number of nitrogen functional groups attached to an aromatic ring is 1. The summed E-state index contributed by atoms with van der Waals surface area (Å²) in [4.78, 5) is 38.3. The van der Waals surface area contributed by atoms with E-state index in [1.165, 1.54) is 6.07 Å². The molecule has 0 heterocycles. The topological polar surface area (TPSA) is 184 Å². The van der Waals surface area contributed by atoms with Crippen LogP contribution in [-0.4, -0.2) is 43.5 Å². The normalized spacial score (nSPS) is 25.6. The molecule has 8 N–H and O–H groups in total. The van der Waals surface area contributed by atoms with E-state index < -0.39 is 52.0 Å². The van der Waals surface area contributed by atoms with Gasteiger partial charge in [-0.1, -0.05) is 30.4 Å². The number of carbonyl (C=O) groups excluding carboxylic acids is 3. The molecular formula is C27H24N2O7. The number of fused-ring (bicyclic) bond motifs is 3. The number of phenolic OH excluding ortho intramolecular Hbond substituents is 1. The smallest absolute Gasteiger partial charge is 0.255 e. The average molecular weight is 488 g/mol. The Bertz CT molecular complexity index is 1430. The van der Waals surface area contributed by atoms with Gasteiger partial charge in [0.2, 0.25) is 5.78 Å². The first-order valence-corrected chi connectivity index (χ1v) is 11.4. The van der Waals surface area contributed by atoms with Crippen LogP contribution in [0.25, 0.3) is 12.2 Å². The minimum absolute atomic E-state index is 0.0221. The lowest BCUT2D eigenvalue weighted by atomic mass is 9.60. The van der Waals surface area contributed by atoms with Crippen molar-refractivity contribution < 1.29 is 34.8 Å². The fourth-order valence-corrected chi connectivity index (χ4v) is 5.59. The largest absolute Gasteiger partial charge is 0.511 e. The third-order valence-corrected chi connectivity index (χ3v) is 7.37. The van der Waals surface area contributed by atoms with Crippen LogP contribution in [0.4, 0.5) is 5.69 Å². The third-order valence-electron chi connectivity index (χ3n) is 7.37. The summed E-state index contributed by atoms with van der Waals surface area (Å²) < 4.78 is 0. The van der Waals surface area contributed by atoms with Crippen LogP contribution in [0.3, 0.4) is 0 Å². The van der Waals surface area contributed by atoms with E-state index in [2.05, 4.69) is 0 Å². The highest BCUT2D eigenvalue weighted by molar-refractivity contribution is 6.24. The molecule has 184 valence electrons. The van der Waals surface area contributed by atoms with Crippen LogP contribution in [-0.2, 0) is 16.0 Å². The second kappa shape index (κ2) is 8.10. The summed E-state index contributed by atoms with van der Waals surface area (Å²) in [6.45, 7) is 0. The summed E-state index contributed by atoms with van der Waals surface area (Å²) >= 11 is 0. The summed E-state index contributed by atoms with van der Waals surface area (Å²) in [7, 11) is 0. The number of benzene rings is 2. The number of carbonyl (C=O) groups is 3. The lowest BCUT2D eigenvalue weighted by molar-refractivity contribution is -0.144. The van der Waals surface area contributed by atoms with Crippen molar-refractivity contribution in [3.63, 3.8) is 0 Å². The van der Waals surface area contributed by atoms with E-state index in [0.717, 1.165) is 5.56 Å². The van der Waals surface area contributed by atoms with Crippen LogP contribution >= 0.6 is 0 Å². The Kier molecular flexibility index (Phi) is 5.26. The maximum absolute atomic E-state index is 13.6. The predicted octanol–water partition coefficient (Wildman–Crippen LogP) is 2.33. The van der Waals surface area contributed by atoms with Crippen molar-refractivity contribution in [2.24, 2.45) is 17.6 Å². The molecule has 3 atom stereocenters. The molecule has 9 nitrogen and oxygen atoms in total. The molecule has 3 aliphatic rings. The average Bonchev–Trinajstić information content (AvgIpc) is 2.81. The molecule has 5 rings (SSSR count). The lowest BCUT2D eigenvalue weighted by Crippen LogP contribution is -2.57. The number of Topliss-reactive ketones (excluding diaryl/α,β-unsaturated/α-hetero) is 2. The highest BCUT2D eigenvalue weighted by atomic mass is 16.3. The van der Waals surface area contributed by atoms with Gasteiger partial charge in [0.15, 0.2) is 11.4 Å². The van der Waals surface area contributed by atoms with Gasteiger partial charge in [-0.25, -0.2) is 0 Å². The standard InChI is InChI=1S/C27H24N2O7/c28-16-6-2-12(3-7-16)1-4-13-5-8-18(30)21-17(13)10-14-9-15-11-19(31)22(26(29)35)25(34)27(15,36)24(33)20(14)23(21)32/h1-8,14-15,30-31,33,36H,9-11,28H2,(H2,29,35)/b4-1+/t14-,15+,27+/m1/s1. The van der Waals surface area contributed by atoms with E-state index in [4.69, 9.17) is 11.5 Å². The molecule has 36 heavy (non-hydrogen) atoms. The van der Waals surface area contributed by atoms with Crippen LogP contribution in [0.15, 0.2) is 59.1 Å². The number of rotatable bonds is 3. The molecule has 0 spiro atoms. The minimum atomic E-state index is -2.57. The van der Waals surface area contributed by atoms with Crippen molar-refractivity contribution in [1.82, 2.24) is 0 Å². The Morgan fingerprint density at radius 1 is 1.00 bits per heavy atom. The Balaban J connectivity index is 1.60. The molecule has 0 saturated carbocycles. The van der Waals surface area contributed by atoms with Gasteiger partial charge in [-0.2, -0.15) is 0 Å². The molecule has 0 fully saturated rings. The fraction of sp³-hybridized carbons (Fsp3) is 0.222. The second-order valence-corrected chi connectivity index (χ2v) is 9.44. The molecule has 0 aromatic heterocycles. The van der Waals surface area contributed by atoms with E-state index in [-0.39, 0.29) is 36.1 Å². The molecule has 0 radical (unpaired) electrons. The van der Waals surface area contributed by atoms with E-state index in [1.54, 1.807) is 18.2 Å². The third kappa shape index (κ3) is 3.31. The van der Waals surface area contributed by atoms with Crippen molar-refractivity contribution in [1.29, 1.82) is 0 Å². The number of aliphatic hydroxyl groups is 3. The van der Waals surface area contributed by atoms with Gasteiger partial charge in [0.25, 0.3) is 5.91 Å². The lowest BCUT2D eigenvalue weighted by Gasteiger charge is -2.45. The van der Waals surface area contributed by atoms with Crippen LogP contribution < -0.4 is 11.5 Å². The monoisotopic (exact) mass is 488 g/mol. The number of nitrogens with two attached hydrogens (primary N) is 2. The van der Waals surface area contributed by atoms with E-state index in [0.29, 0.717) is 16.8 Å². The summed E-state index contributed by atoms with van der Waals surface area (Å²) in [5.41, 5.74) is 10.1. The van der Waals surface area contributed by atoms with E-state index >= 15 is 0 Å². The van der Waals surface area contributed by atoms with Crippen LogP contribution in [0.1, 0.15) is 39.9 Å². The zero-order valence-electron chi connectivity index (χ0n) is 19.1. The predicted molar refractivity (Wildman–Crippen MR) is 131 cm³/mol. The summed E-state index contributed by atoms with van der Waals surface area (Å²) in [6, 6.07) is 10.3. The fourth-order valence-electron chi connectivity index (χ4n) is 5.59.